The first-order chi connectivity index (χ1) is 9.72. The van der Waals surface area contributed by atoms with Crippen molar-refractivity contribution in [1.82, 2.24) is 0 Å². The summed E-state index contributed by atoms with van der Waals surface area (Å²) in [6.45, 7) is 0. The Morgan fingerprint density at radius 3 is 2.65 bits per heavy atom. The second kappa shape index (κ2) is 5.21. The number of hydrogen-bond acceptors (Lipinski definition) is 3. The normalized spacial score (nSPS) is 10.8. The number of aryl methyl sites for hydroxylation is 2. The number of para-hydroxylation sites is 1. The Morgan fingerprint density at radius 1 is 0.950 bits per heavy atom. The zero-order valence-corrected chi connectivity index (χ0v) is 10.9. The summed E-state index contributed by atoms with van der Waals surface area (Å²) in [6, 6.07) is 15.9. The molecule has 0 aliphatic rings. The van der Waals surface area contributed by atoms with Crippen molar-refractivity contribution >= 4 is 11.0 Å². The van der Waals surface area contributed by atoms with E-state index in [1.54, 1.807) is 36.4 Å². The number of phenolic OH excluding ortho intramolecular Hbond substituents is 1. The van der Waals surface area contributed by atoms with E-state index in [4.69, 9.17) is 4.42 Å². The summed E-state index contributed by atoms with van der Waals surface area (Å²) in [6.07, 6.45) is 1.35. The molecule has 0 bridgehead atoms. The molecule has 0 spiro atoms. The van der Waals surface area contributed by atoms with Crippen molar-refractivity contribution in [1.29, 1.82) is 0 Å². The summed E-state index contributed by atoms with van der Waals surface area (Å²) in [7, 11) is 0. The van der Waals surface area contributed by atoms with Gasteiger partial charge in [-0.2, -0.15) is 0 Å². The Kier molecular flexibility index (Phi) is 3.25. The number of rotatable bonds is 3. The van der Waals surface area contributed by atoms with Crippen LogP contribution < -0.4 is 5.43 Å². The highest BCUT2D eigenvalue weighted by Crippen LogP contribution is 2.15. The Bertz CT molecular complexity index is 802. The molecule has 0 saturated heterocycles. The van der Waals surface area contributed by atoms with Crippen LogP contribution in [-0.4, -0.2) is 5.11 Å². The Balaban J connectivity index is 1.86. The monoisotopic (exact) mass is 266 g/mol. The van der Waals surface area contributed by atoms with Gasteiger partial charge in [-0.3, -0.25) is 4.79 Å². The second-order valence-electron chi connectivity index (χ2n) is 4.74. The van der Waals surface area contributed by atoms with Crippen molar-refractivity contribution in [2.45, 2.75) is 12.8 Å². The first kappa shape index (κ1) is 12.5. The third kappa shape index (κ3) is 2.57. The molecule has 0 aliphatic carbocycles. The average Bonchev–Trinajstić information content (AvgIpc) is 2.45. The smallest absolute Gasteiger partial charge is 0.192 e. The van der Waals surface area contributed by atoms with Crippen LogP contribution in [0.2, 0.25) is 0 Å². The van der Waals surface area contributed by atoms with Crippen LogP contribution in [0.3, 0.4) is 0 Å². The molecular weight excluding hydrogens is 252 g/mol. The largest absolute Gasteiger partial charge is 0.508 e. The molecular formula is C17H14O3. The molecule has 0 radical (unpaired) electrons. The van der Waals surface area contributed by atoms with E-state index in [1.165, 1.54) is 0 Å². The minimum atomic E-state index is -0.0160. The lowest BCUT2D eigenvalue weighted by atomic mass is 10.1. The van der Waals surface area contributed by atoms with Crippen molar-refractivity contribution in [3.8, 4) is 5.75 Å². The van der Waals surface area contributed by atoms with E-state index in [0.717, 1.165) is 12.0 Å². The highest BCUT2D eigenvalue weighted by Gasteiger charge is 2.04. The van der Waals surface area contributed by atoms with Crippen molar-refractivity contribution < 1.29 is 9.52 Å². The first-order valence-corrected chi connectivity index (χ1v) is 6.52. The Morgan fingerprint density at radius 2 is 1.80 bits per heavy atom. The van der Waals surface area contributed by atoms with Gasteiger partial charge in [0.1, 0.15) is 17.1 Å². The molecule has 0 amide bonds. The Hall–Kier alpha value is -2.55. The number of aromatic hydroxyl groups is 1. The van der Waals surface area contributed by atoms with E-state index >= 15 is 0 Å². The molecule has 0 atom stereocenters. The molecule has 3 rings (SSSR count). The zero-order valence-electron chi connectivity index (χ0n) is 10.9. The molecule has 20 heavy (non-hydrogen) atoms. The van der Waals surface area contributed by atoms with E-state index in [9.17, 15) is 9.90 Å². The summed E-state index contributed by atoms with van der Waals surface area (Å²) in [5.74, 6) is 0.916. The van der Waals surface area contributed by atoms with E-state index < -0.39 is 0 Å². The van der Waals surface area contributed by atoms with E-state index in [0.29, 0.717) is 23.2 Å². The van der Waals surface area contributed by atoms with Crippen LogP contribution in [0.1, 0.15) is 11.3 Å². The number of benzene rings is 2. The topological polar surface area (TPSA) is 50.4 Å². The molecule has 3 heteroatoms. The van der Waals surface area contributed by atoms with Gasteiger partial charge >= 0.3 is 0 Å². The van der Waals surface area contributed by atoms with Crippen LogP contribution in [0, 0.1) is 0 Å². The summed E-state index contributed by atoms with van der Waals surface area (Å²) < 4.78 is 5.73. The van der Waals surface area contributed by atoms with Crippen molar-refractivity contribution in [2.24, 2.45) is 0 Å². The number of phenols is 1. The summed E-state index contributed by atoms with van der Waals surface area (Å²) in [5.41, 5.74) is 1.62. The molecule has 0 aliphatic heterocycles. The fourth-order valence-electron chi connectivity index (χ4n) is 2.26. The fourth-order valence-corrected chi connectivity index (χ4v) is 2.26. The van der Waals surface area contributed by atoms with Gasteiger partial charge in [-0.05, 0) is 36.2 Å². The van der Waals surface area contributed by atoms with E-state index in [1.807, 2.05) is 18.2 Å². The molecule has 2 aromatic carbocycles. The lowest BCUT2D eigenvalue weighted by Gasteiger charge is -2.04. The van der Waals surface area contributed by atoms with Gasteiger partial charge in [0.2, 0.25) is 0 Å². The van der Waals surface area contributed by atoms with Gasteiger partial charge in [0, 0.05) is 12.5 Å². The van der Waals surface area contributed by atoms with Crippen LogP contribution in [0.15, 0.2) is 63.8 Å². The third-order valence-electron chi connectivity index (χ3n) is 3.26. The quantitative estimate of drug-likeness (QED) is 0.791. The predicted molar refractivity (Wildman–Crippen MR) is 78.0 cm³/mol. The van der Waals surface area contributed by atoms with Crippen LogP contribution in [0.4, 0.5) is 0 Å². The lowest BCUT2D eigenvalue weighted by Crippen LogP contribution is -2.03. The summed E-state index contributed by atoms with van der Waals surface area (Å²) >= 11 is 0. The van der Waals surface area contributed by atoms with Crippen molar-refractivity contribution in [3.63, 3.8) is 0 Å². The minimum Gasteiger partial charge on any atom is -0.508 e. The zero-order chi connectivity index (χ0) is 13.9. The average molecular weight is 266 g/mol. The second-order valence-corrected chi connectivity index (χ2v) is 4.74. The maximum Gasteiger partial charge on any atom is 0.192 e. The van der Waals surface area contributed by atoms with Gasteiger partial charge < -0.3 is 9.52 Å². The van der Waals surface area contributed by atoms with Crippen LogP contribution >= 0.6 is 0 Å². The van der Waals surface area contributed by atoms with E-state index in [2.05, 4.69) is 0 Å². The molecule has 3 nitrogen and oxygen atoms in total. The maximum absolute atomic E-state index is 12.0. The lowest BCUT2D eigenvalue weighted by molar-refractivity contribution is 0.474. The van der Waals surface area contributed by atoms with Gasteiger partial charge in [0.25, 0.3) is 0 Å². The van der Waals surface area contributed by atoms with Crippen molar-refractivity contribution in [2.75, 3.05) is 0 Å². The van der Waals surface area contributed by atoms with Gasteiger partial charge in [0.05, 0.1) is 5.39 Å². The molecule has 1 N–H and O–H groups in total. The van der Waals surface area contributed by atoms with Gasteiger partial charge in [-0.1, -0.05) is 24.3 Å². The standard InChI is InChI=1S/C17H14O3/c18-13-5-3-4-12(10-13)8-9-14-11-16(19)15-6-1-2-7-17(15)20-14/h1-7,10-11,18H,8-9H2. The van der Waals surface area contributed by atoms with Crippen molar-refractivity contribution in [3.05, 3.63) is 76.1 Å². The number of hydrogen-bond donors (Lipinski definition) is 1. The van der Waals surface area contributed by atoms with Crippen LogP contribution in [0.5, 0.6) is 5.75 Å². The maximum atomic E-state index is 12.0. The van der Waals surface area contributed by atoms with Crippen LogP contribution in [-0.2, 0) is 12.8 Å². The molecule has 3 aromatic rings. The first-order valence-electron chi connectivity index (χ1n) is 6.52. The van der Waals surface area contributed by atoms with Gasteiger partial charge in [-0.15, -0.1) is 0 Å². The van der Waals surface area contributed by atoms with Crippen LogP contribution in [0.25, 0.3) is 11.0 Å². The molecule has 0 saturated carbocycles. The highest BCUT2D eigenvalue weighted by atomic mass is 16.3. The van der Waals surface area contributed by atoms with Gasteiger partial charge in [-0.25, -0.2) is 0 Å². The molecule has 1 aromatic heterocycles. The molecule has 0 fully saturated rings. The predicted octanol–water partition coefficient (Wildman–Crippen LogP) is 3.28. The molecule has 100 valence electrons. The summed E-state index contributed by atoms with van der Waals surface area (Å²) in [5, 5.41) is 10.0. The Labute approximate surface area is 116 Å². The summed E-state index contributed by atoms with van der Waals surface area (Å²) in [4.78, 5) is 12.0. The molecule has 0 unspecified atom stereocenters. The van der Waals surface area contributed by atoms with Gasteiger partial charge in [0.15, 0.2) is 5.43 Å². The minimum absolute atomic E-state index is 0.0160. The SMILES string of the molecule is O=c1cc(CCc2cccc(O)c2)oc2ccccc12. The molecule has 1 heterocycles. The number of fused-ring (bicyclic) bond motifs is 1. The third-order valence-corrected chi connectivity index (χ3v) is 3.26. The highest BCUT2D eigenvalue weighted by molar-refractivity contribution is 5.76. The van der Waals surface area contributed by atoms with E-state index in [-0.39, 0.29) is 11.2 Å². The fraction of sp³-hybridized carbons (Fsp3) is 0.118.